The van der Waals surface area contributed by atoms with E-state index in [0.717, 1.165) is 5.56 Å². The van der Waals surface area contributed by atoms with Crippen LogP contribution in [0.15, 0.2) is 12.1 Å². The van der Waals surface area contributed by atoms with Gasteiger partial charge in [0.15, 0.2) is 5.82 Å². The molecule has 9 nitrogen and oxygen atoms in total. The number of hydrogen-bond acceptors (Lipinski definition) is 5. The van der Waals surface area contributed by atoms with Gasteiger partial charge in [-0.15, -0.1) is 5.10 Å². The Bertz CT molecular complexity index is 825. The largest absolute Gasteiger partial charge is 0.335 e. The molecule has 3 rings (SSSR count). The third kappa shape index (κ3) is 3.11. The van der Waals surface area contributed by atoms with Crippen LogP contribution in [0, 0.1) is 0 Å². The maximum atomic E-state index is 11.2. The molecule has 0 fully saturated rings. The van der Waals surface area contributed by atoms with E-state index >= 15 is 0 Å². The minimum atomic E-state index is -3.59. The lowest BCUT2D eigenvalue weighted by atomic mass is 10.1. The monoisotopic (exact) mass is 327 g/mol. The van der Waals surface area contributed by atoms with Crippen LogP contribution in [-0.4, -0.2) is 41.6 Å². The molecular formula is C10H11ClN7O2P. The van der Waals surface area contributed by atoms with E-state index in [2.05, 4.69) is 30.6 Å². The van der Waals surface area contributed by atoms with Crippen molar-refractivity contribution in [1.29, 1.82) is 0 Å². The van der Waals surface area contributed by atoms with Crippen LogP contribution in [0.2, 0.25) is 5.02 Å². The molecule has 2 aromatic heterocycles. The zero-order valence-electron chi connectivity index (χ0n) is 10.6. The summed E-state index contributed by atoms with van der Waals surface area (Å²) in [4.78, 5) is 16.7. The highest BCUT2D eigenvalue weighted by Gasteiger charge is 2.16. The van der Waals surface area contributed by atoms with Crippen LogP contribution in [0.5, 0.6) is 0 Å². The first-order valence-corrected chi connectivity index (χ1v) is 8.24. The lowest BCUT2D eigenvalue weighted by molar-refractivity contribution is 0.479. The molecule has 0 amide bonds. The maximum Gasteiger partial charge on any atom is 0.264 e. The molecule has 21 heavy (non-hydrogen) atoms. The van der Waals surface area contributed by atoms with E-state index < -0.39 is 7.52 Å². The summed E-state index contributed by atoms with van der Waals surface area (Å²) in [6.07, 6.45) is 0.245. The number of imidazole rings is 1. The Kier molecular flexibility index (Phi) is 3.50. The Balaban J connectivity index is 2.05. The van der Waals surface area contributed by atoms with Crippen molar-refractivity contribution in [3.63, 3.8) is 0 Å². The zero-order chi connectivity index (χ0) is 15.0. The molecule has 0 saturated heterocycles. The highest BCUT2D eigenvalue weighted by molar-refractivity contribution is 7.55. The van der Waals surface area contributed by atoms with Gasteiger partial charge in [-0.05, 0) is 34.5 Å². The average molecular weight is 328 g/mol. The summed E-state index contributed by atoms with van der Waals surface area (Å²) < 4.78 is 11.2. The number of benzene rings is 1. The molecule has 0 aliphatic rings. The van der Waals surface area contributed by atoms with E-state index in [0.29, 0.717) is 34.1 Å². The number of aryl methyl sites for hydroxylation is 1. The second-order valence-electron chi connectivity index (χ2n) is 4.53. The minimum absolute atomic E-state index is 0.0471. The number of aromatic nitrogens is 6. The zero-order valence-corrected chi connectivity index (χ0v) is 12.3. The Hall–Kier alpha value is -1.80. The lowest BCUT2D eigenvalue weighted by Crippen LogP contribution is -2.02. The summed E-state index contributed by atoms with van der Waals surface area (Å²) in [6, 6.07) is 3.41. The number of aromatic amines is 2. The van der Waals surface area contributed by atoms with Gasteiger partial charge >= 0.3 is 0 Å². The maximum absolute atomic E-state index is 11.2. The molecule has 0 spiro atoms. The van der Waals surface area contributed by atoms with Crippen molar-refractivity contribution < 1.29 is 9.46 Å². The van der Waals surface area contributed by atoms with E-state index in [4.69, 9.17) is 17.1 Å². The normalized spacial score (nSPS) is 14.4. The van der Waals surface area contributed by atoms with Gasteiger partial charge < -0.3 is 9.88 Å². The van der Waals surface area contributed by atoms with Gasteiger partial charge in [0.25, 0.3) is 7.52 Å². The number of nitrogens with zero attached hydrogens (tertiary/aromatic N) is 4. The van der Waals surface area contributed by atoms with Gasteiger partial charge in [-0.2, -0.15) is 0 Å². The number of halogens is 1. The SMILES string of the molecule is NP(=O)(O)CCc1cc(Cl)cc2[nH]c(-c3nnn[nH]3)nc12. The number of tetrazole rings is 1. The van der Waals surface area contributed by atoms with Gasteiger partial charge in [0.05, 0.1) is 11.0 Å². The summed E-state index contributed by atoms with van der Waals surface area (Å²) in [5.74, 6) is 0.846. The van der Waals surface area contributed by atoms with Gasteiger partial charge in [0, 0.05) is 11.2 Å². The Morgan fingerprint density at radius 2 is 2.19 bits per heavy atom. The van der Waals surface area contributed by atoms with Gasteiger partial charge in [0.1, 0.15) is 0 Å². The van der Waals surface area contributed by atoms with Crippen LogP contribution in [0.4, 0.5) is 0 Å². The highest BCUT2D eigenvalue weighted by atomic mass is 35.5. The van der Waals surface area contributed by atoms with Crippen molar-refractivity contribution in [2.45, 2.75) is 6.42 Å². The quantitative estimate of drug-likeness (QED) is 0.524. The molecule has 1 unspecified atom stereocenters. The third-order valence-electron chi connectivity index (χ3n) is 2.90. The van der Waals surface area contributed by atoms with Crippen molar-refractivity contribution in [3.8, 4) is 11.6 Å². The number of rotatable bonds is 4. The summed E-state index contributed by atoms with van der Waals surface area (Å²) in [6.45, 7) is 0. The van der Waals surface area contributed by atoms with Crippen LogP contribution in [0.3, 0.4) is 0 Å². The smallest absolute Gasteiger partial charge is 0.264 e. The van der Waals surface area contributed by atoms with E-state index in [-0.39, 0.29) is 6.16 Å². The number of nitrogens with one attached hydrogen (secondary N) is 2. The molecule has 0 radical (unpaired) electrons. The Labute approximate surface area is 123 Å². The summed E-state index contributed by atoms with van der Waals surface area (Å²) in [7, 11) is -3.59. The van der Waals surface area contributed by atoms with E-state index in [1.165, 1.54) is 0 Å². The molecule has 0 aliphatic carbocycles. The van der Waals surface area contributed by atoms with Gasteiger partial charge in [0.2, 0.25) is 5.82 Å². The summed E-state index contributed by atoms with van der Waals surface area (Å²) >= 11 is 6.05. The molecule has 3 aromatic rings. The highest BCUT2D eigenvalue weighted by Crippen LogP contribution is 2.32. The van der Waals surface area contributed by atoms with Crippen LogP contribution in [0.1, 0.15) is 5.56 Å². The molecule has 110 valence electrons. The molecule has 0 saturated carbocycles. The van der Waals surface area contributed by atoms with Crippen LogP contribution < -0.4 is 5.50 Å². The second-order valence-corrected chi connectivity index (χ2v) is 6.92. The second kappa shape index (κ2) is 5.19. The number of H-pyrrole nitrogens is 2. The predicted molar refractivity (Wildman–Crippen MR) is 76.9 cm³/mol. The molecule has 1 atom stereocenters. The fourth-order valence-electron chi connectivity index (χ4n) is 1.99. The van der Waals surface area contributed by atoms with Crippen molar-refractivity contribution in [2.75, 3.05) is 6.16 Å². The van der Waals surface area contributed by atoms with Crippen molar-refractivity contribution in [2.24, 2.45) is 5.50 Å². The topological polar surface area (TPSA) is 146 Å². The standard InChI is InChI=1S/C10H11ClN7O2P/c11-6-3-5(1-2-21(12,19)20)8-7(4-6)13-9(14-8)10-15-17-18-16-10/h3-4H,1-2H2,(H,13,14)(H3,12,19,20)(H,15,16,17,18). The first-order valence-electron chi connectivity index (χ1n) is 5.95. The van der Waals surface area contributed by atoms with Gasteiger partial charge in [-0.25, -0.2) is 10.1 Å². The van der Waals surface area contributed by atoms with Crippen molar-refractivity contribution in [1.82, 2.24) is 30.6 Å². The van der Waals surface area contributed by atoms with E-state index in [9.17, 15) is 9.46 Å². The fourth-order valence-corrected chi connectivity index (χ4v) is 2.80. The van der Waals surface area contributed by atoms with Crippen molar-refractivity contribution in [3.05, 3.63) is 22.7 Å². The van der Waals surface area contributed by atoms with Gasteiger partial charge in [-0.3, -0.25) is 10.1 Å². The van der Waals surface area contributed by atoms with Crippen LogP contribution in [-0.2, 0) is 11.0 Å². The van der Waals surface area contributed by atoms with Crippen molar-refractivity contribution >= 4 is 30.2 Å². The van der Waals surface area contributed by atoms with E-state index in [1.807, 2.05) is 0 Å². The third-order valence-corrected chi connectivity index (χ3v) is 3.98. The number of nitrogens with two attached hydrogens (primary N) is 1. The number of fused-ring (bicyclic) bond motifs is 1. The molecule has 0 aliphatic heterocycles. The lowest BCUT2D eigenvalue weighted by Gasteiger charge is -2.06. The Morgan fingerprint density at radius 3 is 2.86 bits per heavy atom. The first-order chi connectivity index (χ1) is 9.92. The molecule has 1 aromatic carbocycles. The Morgan fingerprint density at radius 1 is 1.38 bits per heavy atom. The molecule has 0 bridgehead atoms. The minimum Gasteiger partial charge on any atom is -0.335 e. The van der Waals surface area contributed by atoms with Crippen LogP contribution >= 0.6 is 19.1 Å². The molecule has 11 heteroatoms. The summed E-state index contributed by atoms with van der Waals surface area (Å²) in [5.41, 5.74) is 7.22. The predicted octanol–water partition coefficient (Wildman–Crippen LogP) is 1.08. The molecule has 5 N–H and O–H groups in total. The fraction of sp³-hybridized carbons (Fsp3) is 0.200. The van der Waals surface area contributed by atoms with Gasteiger partial charge in [-0.1, -0.05) is 11.6 Å². The molecule has 2 heterocycles. The summed E-state index contributed by atoms with van der Waals surface area (Å²) in [5, 5.41) is 13.8. The first kappa shape index (κ1) is 14.2. The van der Waals surface area contributed by atoms with E-state index in [1.54, 1.807) is 12.1 Å². The molecular weight excluding hydrogens is 317 g/mol. The average Bonchev–Trinajstić information content (AvgIpc) is 3.02. The number of hydrogen-bond donors (Lipinski definition) is 4. The van der Waals surface area contributed by atoms with Crippen LogP contribution in [0.25, 0.3) is 22.7 Å².